The summed E-state index contributed by atoms with van der Waals surface area (Å²) in [7, 11) is 1.92. The Bertz CT molecular complexity index is 201. The van der Waals surface area contributed by atoms with Crippen molar-refractivity contribution >= 4 is 27.5 Å². The summed E-state index contributed by atoms with van der Waals surface area (Å²) < 4.78 is 4.84. The molecule has 0 amide bonds. The van der Waals surface area contributed by atoms with Crippen LogP contribution in [0.1, 0.15) is 5.69 Å². The maximum atomic E-state index is 3.93. The maximum Gasteiger partial charge on any atom is 0.114 e. The highest BCUT2D eigenvalue weighted by Crippen LogP contribution is 2.17. The van der Waals surface area contributed by atoms with Gasteiger partial charge in [-0.05, 0) is 34.5 Å². The molecule has 0 aliphatic rings. The van der Waals surface area contributed by atoms with Crippen LogP contribution in [0.25, 0.3) is 0 Å². The van der Waals surface area contributed by atoms with E-state index in [9.17, 15) is 0 Å². The molecule has 3 nitrogen and oxygen atoms in total. The van der Waals surface area contributed by atoms with Crippen molar-refractivity contribution in [3.63, 3.8) is 0 Å². The van der Waals surface area contributed by atoms with Crippen LogP contribution in [-0.2, 0) is 6.42 Å². The third kappa shape index (κ3) is 2.00. The van der Waals surface area contributed by atoms with Gasteiger partial charge in [0, 0.05) is 13.0 Å². The molecule has 1 aromatic heterocycles. The predicted molar refractivity (Wildman–Crippen MR) is 45.2 cm³/mol. The Kier molecular flexibility index (Phi) is 3.24. The Morgan fingerprint density at radius 2 is 2.50 bits per heavy atom. The van der Waals surface area contributed by atoms with E-state index < -0.39 is 0 Å². The first-order valence-corrected chi connectivity index (χ1v) is 4.52. The number of hydrogen-bond donors (Lipinski definition) is 1. The molecule has 10 heavy (non-hydrogen) atoms. The summed E-state index contributed by atoms with van der Waals surface area (Å²) >= 11 is 4.74. The van der Waals surface area contributed by atoms with E-state index in [0.29, 0.717) is 0 Å². The fourth-order valence-corrected chi connectivity index (χ4v) is 1.52. The van der Waals surface area contributed by atoms with Crippen LogP contribution in [0.4, 0.5) is 0 Å². The van der Waals surface area contributed by atoms with Crippen LogP contribution in [0, 0.1) is 0 Å². The molecule has 1 heterocycles. The summed E-state index contributed by atoms with van der Waals surface area (Å²) in [4.78, 5) is 0. The number of rotatable bonds is 3. The molecule has 0 atom stereocenters. The molecule has 1 N–H and O–H groups in total. The van der Waals surface area contributed by atoms with Gasteiger partial charge in [-0.3, -0.25) is 0 Å². The van der Waals surface area contributed by atoms with Crippen LogP contribution in [0.3, 0.4) is 0 Å². The smallest absolute Gasteiger partial charge is 0.114 e. The van der Waals surface area contributed by atoms with Crippen molar-refractivity contribution in [3.8, 4) is 0 Å². The summed E-state index contributed by atoms with van der Waals surface area (Å²) in [6.45, 7) is 0.948. The minimum absolute atomic E-state index is 0.938. The van der Waals surface area contributed by atoms with E-state index in [1.807, 2.05) is 7.05 Å². The van der Waals surface area contributed by atoms with E-state index in [0.717, 1.165) is 22.4 Å². The number of aromatic nitrogens is 2. The van der Waals surface area contributed by atoms with Crippen molar-refractivity contribution in [3.05, 3.63) is 9.48 Å². The number of nitrogens with one attached hydrogen (secondary N) is 1. The first-order valence-electron chi connectivity index (χ1n) is 2.96. The van der Waals surface area contributed by atoms with Crippen LogP contribution < -0.4 is 5.32 Å². The molecule has 1 aromatic rings. The van der Waals surface area contributed by atoms with Crippen LogP contribution >= 0.6 is 27.5 Å². The second kappa shape index (κ2) is 4.00. The average Bonchev–Trinajstić information content (AvgIpc) is 2.31. The lowest BCUT2D eigenvalue weighted by Gasteiger charge is -1.93. The summed E-state index contributed by atoms with van der Waals surface area (Å²) in [6, 6.07) is 0. The minimum atomic E-state index is 0.938. The van der Waals surface area contributed by atoms with Gasteiger partial charge in [0.15, 0.2) is 0 Å². The van der Waals surface area contributed by atoms with E-state index in [1.165, 1.54) is 11.5 Å². The number of halogens is 1. The minimum Gasteiger partial charge on any atom is -0.319 e. The van der Waals surface area contributed by atoms with Gasteiger partial charge in [0.2, 0.25) is 0 Å². The molecular formula is C5H8BrN3S. The molecule has 0 spiro atoms. The summed E-state index contributed by atoms with van der Waals surface area (Å²) in [5.74, 6) is 0. The zero-order chi connectivity index (χ0) is 7.40. The SMILES string of the molecule is CNCCc1nnsc1Br. The Hall–Kier alpha value is -0.000000000000000111. The Balaban J connectivity index is 2.49. The molecule has 56 valence electrons. The standard InChI is InChI=1S/C5H8BrN3S/c1-7-3-2-4-5(6)10-9-8-4/h7H,2-3H2,1H3. The molecule has 0 saturated carbocycles. The maximum absolute atomic E-state index is 3.93. The molecular weight excluding hydrogens is 214 g/mol. The van der Waals surface area contributed by atoms with Gasteiger partial charge < -0.3 is 5.32 Å². The Morgan fingerprint density at radius 3 is 3.00 bits per heavy atom. The second-order valence-electron chi connectivity index (χ2n) is 1.85. The van der Waals surface area contributed by atoms with Crippen LogP contribution in [0.15, 0.2) is 3.79 Å². The van der Waals surface area contributed by atoms with Gasteiger partial charge in [-0.25, -0.2) is 0 Å². The molecule has 0 aliphatic carbocycles. The Morgan fingerprint density at radius 1 is 1.70 bits per heavy atom. The largest absolute Gasteiger partial charge is 0.319 e. The summed E-state index contributed by atoms with van der Waals surface area (Å²) in [5, 5.41) is 6.98. The number of hydrogen-bond acceptors (Lipinski definition) is 4. The van der Waals surface area contributed by atoms with Gasteiger partial charge in [0.25, 0.3) is 0 Å². The fraction of sp³-hybridized carbons (Fsp3) is 0.600. The van der Waals surface area contributed by atoms with Crippen molar-refractivity contribution in [1.29, 1.82) is 0 Å². The zero-order valence-corrected chi connectivity index (χ0v) is 8.00. The predicted octanol–water partition coefficient (Wildman–Crippen LogP) is 1.06. The molecule has 5 heteroatoms. The molecule has 0 fully saturated rings. The highest BCUT2D eigenvalue weighted by Gasteiger charge is 2.01. The van der Waals surface area contributed by atoms with Gasteiger partial charge >= 0.3 is 0 Å². The zero-order valence-electron chi connectivity index (χ0n) is 5.59. The third-order valence-electron chi connectivity index (χ3n) is 1.12. The first-order chi connectivity index (χ1) is 4.84. The lowest BCUT2D eigenvalue weighted by Crippen LogP contribution is -2.10. The van der Waals surface area contributed by atoms with Crippen molar-refractivity contribution in [2.24, 2.45) is 0 Å². The van der Waals surface area contributed by atoms with Crippen molar-refractivity contribution in [1.82, 2.24) is 14.9 Å². The highest BCUT2D eigenvalue weighted by molar-refractivity contribution is 9.11. The fourth-order valence-electron chi connectivity index (χ4n) is 0.589. The van der Waals surface area contributed by atoms with Gasteiger partial charge in [0.05, 0.1) is 5.69 Å². The van der Waals surface area contributed by atoms with Gasteiger partial charge in [0.1, 0.15) is 3.79 Å². The summed E-state index contributed by atoms with van der Waals surface area (Å²) in [6.07, 6.45) is 0.938. The lowest BCUT2D eigenvalue weighted by atomic mass is 10.3. The van der Waals surface area contributed by atoms with E-state index in [4.69, 9.17) is 0 Å². The summed E-state index contributed by atoms with van der Waals surface area (Å²) in [5.41, 5.74) is 1.04. The average molecular weight is 222 g/mol. The monoisotopic (exact) mass is 221 g/mol. The molecule has 0 unspecified atom stereocenters. The Labute approximate surface area is 72.1 Å². The van der Waals surface area contributed by atoms with Crippen LogP contribution in [0.5, 0.6) is 0 Å². The molecule has 0 aliphatic heterocycles. The third-order valence-corrected chi connectivity index (χ3v) is 2.57. The van der Waals surface area contributed by atoms with E-state index in [2.05, 4.69) is 30.8 Å². The van der Waals surface area contributed by atoms with Crippen molar-refractivity contribution in [2.45, 2.75) is 6.42 Å². The van der Waals surface area contributed by atoms with Crippen molar-refractivity contribution < 1.29 is 0 Å². The molecule has 1 rings (SSSR count). The molecule has 0 bridgehead atoms. The van der Waals surface area contributed by atoms with Crippen molar-refractivity contribution in [2.75, 3.05) is 13.6 Å². The molecule has 0 saturated heterocycles. The van der Waals surface area contributed by atoms with E-state index in [-0.39, 0.29) is 0 Å². The van der Waals surface area contributed by atoms with E-state index in [1.54, 1.807) is 0 Å². The van der Waals surface area contributed by atoms with Crippen LogP contribution in [-0.4, -0.2) is 23.2 Å². The van der Waals surface area contributed by atoms with Crippen LogP contribution in [0.2, 0.25) is 0 Å². The van der Waals surface area contributed by atoms with Gasteiger partial charge in [-0.1, -0.05) is 4.49 Å². The topological polar surface area (TPSA) is 37.8 Å². The number of nitrogens with zero attached hydrogens (tertiary/aromatic N) is 2. The molecule has 0 aromatic carbocycles. The van der Waals surface area contributed by atoms with E-state index >= 15 is 0 Å². The first kappa shape index (κ1) is 8.10. The second-order valence-corrected chi connectivity index (χ2v) is 3.92. The normalized spacial score (nSPS) is 10.2. The quantitative estimate of drug-likeness (QED) is 0.830. The van der Waals surface area contributed by atoms with Gasteiger partial charge in [-0.2, -0.15) is 0 Å². The highest BCUT2D eigenvalue weighted by atomic mass is 79.9. The van der Waals surface area contributed by atoms with Gasteiger partial charge in [-0.15, -0.1) is 5.10 Å². The molecule has 0 radical (unpaired) electrons. The number of likely N-dealkylation sites (N-methyl/N-ethyl adjacent to an activating group) is 1. The lowest BCUT2D eigenvalue weighted by molar-refractivity contribution is 0.771.